The second kappa shape index (κ2) is 2.71. The highest BCUT2D eigenvalue weighted by atomic mass is 79.9. The third-order valence-corrected chi connectivity index (χ3v) is 3.55. The Bertz CT molecular complexity index is 346. The normalized spacial score (nSPS) is 24.5. The van der Waals surface area contributed by atoms with E-state index in [0.717, 1.165) is 4.47 Å². The maximum absolute atomic E-state index is 4.09. The molecule has 0 spiro atoms. The third-order valence-electron chi connectivity index (χ3n) is 3.02. The molecule has 1 aliphatic rings. The van der Waals surface area contributed by atoms with Crippen molar-refractivity contribution in [1.82, 2.24) is 0 Å². The average Bonchev–Trinajstić information content (AvgIpc) is 2.55. The van der Waals surface area contributed by atoms with E-state index in [0.29, 0.717) is 11.3 Å². The van der Waals surface area contributed by atoms with Gasteiger partial charge in [0.2, 0.25) is 0 Å². The van der Waals surface area contributed by atoms with Gasteiger partial charge in [-0.1, -0.05) is 54.1 Å². The first-order valence-corrected chi connectivity index (χ1v) is 5.27. The fourth-order valence-electron chi connectivity index (χ4n) is 1.91. The zero-order chi connectivity index (χ0) is 9.64. The molecule has 0 heterocycles. The Kier molecular flexibility index (Phi) is 1.88. The minimum Gasteiger partial charge on any atom is -0.0986 e. The molecule has 1 aromatic carbocycles. The number of halogens is 1. The van der Waals surface area contributed by atoms with Crippen LogP contribution in [0.4, 0.5) is 0 Å². The molecule has 1 saturated carbocycles. The Labute approximate surface area is 87.8 Å². The van der Waals surface area contributed by atoms with Crippen LogP contribution in [-0.4, -0.2) is 0 Å². The molecule has 13 heavy (non-hydrogen) atoms. The molecule has 1 aromatic rings. The highest BCUT2D eigenvalue weighted by molar-refractivity contribution is 9.10. The largest absolute Gasteiger partial charge is 0.0986 e. The smallest absolute Gasteiger partial charge is 0.0175 e. The van der Waals surface area contributed by atoms with E-state index in [4.69, 9.17) is 0 Å². The number of hydrogen-bond donors (Lipinski definition) is 0. The minimum absolute atomic E-state index is 0.313. The van der Waals surface area contributed by atoms with Gasteiger partial charge in [-0.05, 0) is 23.1 Å². The van der Waals surface area contributed by atoms with Gasteiger partial charge in [0, 0.05) is 10.4 Å². The Hall–Kier alpha value is -0.560. The molecule has 0 saturated heterocycles. The number of allylic oxidation sites excluding steroid dienone is 1. The maximum Gasteiger partial charge on any atom is 0.0175 e. The molecular weight excluding hydrogens is 224 g/mol. The predicted molar refractivity (Wildman–Crippen MR) is 59.8 cm³/mol. The molecule has 0 radical (unpaired) electrons. The lowest BCUT2D eigenvalue weighted by atomic mass is 10.0. The molecule has 0 aliphatic heterocycles. The van der Waals surface area contributed by atoms with Gasteiger partial charge in [0.25, 0.3) is 0 Å². The van der Waals surface area contributed by atoms with Crippen molar-refractivity contribution < 1.29 is 0 Å². The molecule has 2 rings (SSSR count). The second-order valence-electron chi connectivity index (χ2n) is 4.23. The van der Waals surface area contributed by atoms with Gasteiger partial charge in [0.15, 0.2) is 0 Å². The van der Waals surface area contributed by atoms with Gasteiger partial charge in [0.05, 0.1) is 0 Å². The molecule has 1 unspecified atom stereocenters. The summed E-state index contributed by atoms with van der Waals surface area (Å²) in [4.78, 5) is 0. The van der Waals surface area contributed by atoms with Gasteiger partial charge in [-0.25, -0.2) is 0 Å². The van der Waals surface area contributed by atoms with Crippen molar-refractivity contribution in [2.75, 3.05) is 0 Å². The van der Waals surface area contributed by atoms with E-state index in [2.05, 4.69) is 60.6 Å². The highest BCUT2D eigenvalue weighted by Gasteiger charge is 2.51. The van der Waals surface area contributed by atoms with E-state index in [9.17, 15) is 0 Å². The topological polar surface area (TPSA) is 0 Å². The van der Waals surface area contributed by atoms with Crippen LogP contribution in [0.1, 0.15) is 25.3 Å². The first kappa shape index (κ1) is 9.01. The summed E-state index contributed by atoms with van der Waals surface area (Å²) in [5.74, 6) is 0.570. The summed E-state index contributed by atoms with van der Waals surface area (Å²) in [7, 11) is 0. The van der Waals surface area contributed by atoms with Crippen molar-refractivity contribution >= 4 is 15.9 Å². The lowest BCUT2D eigenvalue weighted by molar-refractivity contribution is 0.642. The van der Waals surface area contributed by atoms with Crippen molar-refractivity contribution in [2.24, 2.45) is 5.41 Å². The monoisotopic (exact) mass is 236 g/mol. The summed E-state index contributed by atoms with van der Waals surface area (Å²) < 4.78 is 1.14. The van der Waals surface area contributed by atoms with Gasteiger partial charge in [-0.2, -0.15) is 0 Å². The fourth-order valence-corrected chi connectivity index (χ4v) is 2.17. The molecule has 0 nitrogen and oxygen atoms in total. The van der Waals surface area contributed by atoms with Gasteiger partial charge in [0.1, 0.15) is 0 Å². The number of benzene rings is 1. The molecule has 0 aromatic heterocycles. The number of rotatable bonds is 1. The van der Waals surface area contributed by atoms with Crippen LogP contribution >= 0.6 is 15.9 Å². The summed E-state index contributed by atoms with van der Waals surface area (Å²) in [5, 5.41) is 0. The van der Waals surface area contributed by atoms with Crippen molar-refractivity contribution in [1.29, 1.82) is 0 Å². The summed E-state index contributed by atoms with van der Waals surface area (Å²) in [6.07, 6.45) is 0. The molecule has 1 aliphatic carbocycles. The maximum atomic E-state index is 4.09. The van der Waals surface area contributed by atoms with Crippen molar-refractivity contribution in [3.8, 4) is 0 Å². The van der Waals surface area contributed by atoms with E-state index in [1.807, 2.05) is 0 Å². The van der Waals surface area contributed by atoms with Crippen molar-refractivity contribution in [3.05, 3.63) is 46.5 Å². The average molecular weight is 237 g/mol. The lowest BCUT2D eigenvalue weighted by Crippen LogP contribution is -1.88. The van der Waals surface area contributed by atoms with Crippen LogP contribution < -0.4 is 0 Å². The first-order chi connectivity index (χ1) is 6.03. The molecule has 1 atom stereocenters. The van der Waals surface area contributed by atoms with Crippen LogP contribution in [0.3, 0.4) is 0 Å². The first-order valence-electron chi connectivity index (χ1n) is 4.48. The molecule has 0 amide bonds. The van der Waals surface area contributed by atoms with Crippen LogP contribution in [0.15, 0.2) is 40.9 Å². The van der Waals surface area contributed by atoms with E-state index < -0.39 is 0 Å². The van der Waals surface area contributed by atoms with Crippen LogP contribution in [0.2, 0.25) is 0 Å². The summed E-state index contributed by atoms with van der Waals surface area (Å²) in [6.45, 7) is 8.59. The molecular formula is C12H13Br. The van der Waals surface area contributed by atoms with Gasteiger partial charge < -0.3 is 0 Å². The quantitative estimate of drug-likeness (QED) is 0.644. The summed E-state index contributed by atoms with van der Waals surface area (Å²) >= 11 is 3.44. The zero-order valence-corrected chi connectivity index (χ0v) is 9.56. The van der Waals surface area contributed by atoms with E-state index in [1.165, 1.54) is 11.1 Å². The molecule has 0 bridgehead atoms. The van der Waals surface area contributed by atoms with Crippen LogP contribution in [0, 0.1) is 5.41 Å². The Morgan fingerprint density at radius 2 is 1.69 bits per heavy atom. The Balaban J connectivity index is 2.30. The lowest BCUT2D eigenvalue weighted by Gasteiger charge is -2.01. The summed E-state index contributed by atoms with van der Waals surface area (Å²) in [6, 6.07) is 8.54. The molecule has 1 fully saturated rings. The van der Waals surface area contributed by atoms with Crippen molar-refractivity contribution in [2.45, 2.75) is 19.8 Å². The fraction of sp³-hybridized carbons (Fsp3) is 0.333. The molecule has 0 N–H and O–H groups in total. The minimum atomic E-state index is 0.313. The second-order valence-corrected chi connectivity index (χ2v) is 5.15. The number of hydrogen-bond acceptors (Lipinski definition) is 0. The van der Waals surface area contributed by atoms with Gasteiger partial charge >= 0.3 is 0 Å². The van der Waals surface area contributed by atoms with Gasteiger partial charge in [-0.3, -0.25) is 0 Å². The Morgan fingerprint density at radius 1 is 1.23 bits per heavy atom. The van der Waals surface area contributed by atoms with E-state index in [1.54, 1.807) is 0 Å². The van der Waals surface area contributed by atoms with E-state index >= 15 is 0 Å². The zero-order valence-electron chi connectivity index (χ0n) is 7.97. The van der Waals surface area contributed by atoms with Crippen LogP contribution in [0.25, 0.3) is 0 Å². The SMILES string of the molecule is C=C1C(c2ccc(Br)cc2)C1(C)C. The van der Waals surface area contributed by atoms with Crippen LogP contribution in [-0.2, 0) is 0 Å². The highest BCUT2D eigenvalue weighted by Crippen LogP contribution is 2.62. The third kappa shape index (κ3) is 1.35. The molecule has 1 heteroatoms. The van der Waals surface area contributed by atoms with Gasteiger partial charge in [-0.15, -0.1) is 0 Å². The predicted octanol–water partition coefficient (Wildman–Crippen LogP) is 4.13. The van der Waals surface area contributed by atoms with Crippen molar-refractivity contribution in [3.63, 3.8) is 0 Å². The standard InChI is InChI=1S/C12H13Br/c1-8-11(12(8,2)3)9-4-6-10(13)7-5-9/h4-7,11H,1H2,2-3H3. The Morgan fingerprint density at radius 3 is 2.08 bits per heavy atom. The van der Waals surface area contributed by atoms with Crippen LogP contribution in [0.5, 0.6) is 0 Å². The van der Waals surface area contributed by atoms with E-state index in [-0.39, 0.29) is 0 Å². The summed E-state index contributed by atoms with van der Waals surface area (Å²) in [5.41, 5.74) is 3.06. The molecule has 68 valence electrons.